The molecule has 0 fully saturated rings. The first-order chi connectivity index (χ1) is 9.13. The second kappa shape index (κ2) is 5.84. The van der Waals surface area contributed by atoms with Crippen LogP contribution in [0.15, 0.2) is 18.2 Å². The molecular formula is C14H20N4O. The third kappa shape index (κ3) is 3.12. The van der Waals surface area contributed by atoms with Gasteiger partial charge in [0, 0.05) is 19.0 Å². The lowest BCUT2D eigenvalue weighted by molar-refractivity contribution is -0.124. The van der Waals surface area contributed by atoms with E-state index in [1.54, 1.807) is 0 Å². The summed E-state index contributed by atoms with van der Waals surface area (Å²) in [7, 11) is 0. The molecule has 4 N–H and O–H groups in total. The van der Waals surface area contributed by atoms with Crippen LogP contribution in [0.2, 0.25) is 0 Å². The average molecular weight is 260 g/mol. The molecule has 0 saturated carbocycles. The first-order valence-corrected chi connectivity index (χ1v) is 6.57. The molecule has 0 radical (unpaired) electrons. The highest BCUT2D eigenvalue weighted by Crippen LogP contribution is 2.13. The van der Waals surface area contributed by atoms with Crippen molar-refractivity contribution in [3.8, 4) is 0 Å². The summed E-state index contributed by atoms with van der Waals surface area (Å²) in [6, 6.07) is 5.95. The standard InChI is InChI=1S/C14H20N4O/c1-3-11(7-15)14(19)16-8-10-4-5-12-13(6-10)18-9(2)17-12/h4-6,11H,3,7-8,15H2,1-2H3,(H,16,19)(H,17,18). The van der Waals surface area contributed by atoms with Crippen LogP contribution < -0.4 is 11.1 Å². The maximum Gasteiger partial charge on any atom is 0.224 e. The highest BCUT2D eigenvalue weighted by Gasteiger charge is 2.13. The number of nitrogens with zero attached hydrogens (tertiary/aromatic N) is 1. The summed E-state index contributed by atoms with van der Waals surface area (Å²) >= 11 is 0. The Bertz CT molecular complexity index is 572. The van der Waals surface area contributed by atoms with Crippen LogP contribution in [0.5, 0.6) is 0 Å². The predicted octanol–water partition coefficient (Wildman–Crippen LogP) is 1.47. The van der Waals surface area contributed by atoms with Gasteiger partial charge in [-0.05, 0) is 31.0 Å². The van der Waals surface area contributed by atoms with Gasteiger partial charge in [-0.25, -0.2) is 4.98 Å². The van der Waals surface area contributed by atoms with Gasteiger partial charge in [-0.1, -0.05) is 13.0 Å². The van der Waals surface area contributed by atoms with Gasteiger partial charge >= 0.3 is 0 Å². The largest absolute Gasteiger partial charge is 0.352 e. The lowest BCUT2D eigenvalue weighted by atomic mass is 10.1. The van der Waals surface area contributed by atoms with Crippen LogP contribution in [0.4, 0.5) is 0 Å². The minimum atomic E-state index is -0.0990. The Kier molecular flexibility index (Phi) is 4.16. The number of amides is 1. The van der Waals surface area contributed by atoms with Gasteiger partial charge < -0.3 is 16.0 Å². The van der Waals surface area contributed by atoms with Crippen LogP contribution in [0.25, 0.3) is 11.0 Å². The number of benzene rings is 1. The normalized spacial score (nSPS) is 12.6. The molecule has 5 heteroatoms. The molecule has 0 aliphatic rings. The van der Waals surface area contributed by atoms with Crippen molar-refractivity contribution in [3.05, 3.63) is 29.6 Å². The molecule has 5 nitrogen and oxygen atoms in total. The molecule has 102 valence electrons. The summed E-state index contributed by atoms with van der Waals surface area (Å²) < 4.78 is 0. The number of H-pyrrole nitrogens is 1. The SMILES string of the molecule is CCC(CN)C(=O)NCc1ccc2nc(C)[nH]c2c1. The minimum Gasteiger partial charge on any atom is -0.352 e. The van der Waals surface area contributed by atoms with Gasteiger partial charge in [0.1, 0.15) is 5.82 Å². The summed E-state index contributed by atoms with van der Waals surface area (Å²) in [6.45, 7) is 4.80. The van der Waals surface area contributed by atoms with Gasteiger partial charge in [-0.3, -0.25) is 4.79 Å². The molecule has 0 aliphatic heterocycles. The maximum absolute atomic E-state index is 11.8. The number of aryl methyl sites for hydroxylation is 1. The molecule has 0 spiro atoms. The van der Waals surface area contributed by atoms with E-state index >= 15 is 0 Å². The lowest BCUT2D eigenvalue weighted by Gasteiger charge is -2.12. The van der Waals surface area contributed by atoms with Crippen molar-refractivity contribution in [3.63, 3.8) is 0 Å². The molecule has 2 rings (SSSR count). The molecule has 1 atom stereocenters. The summed E-state index contributed by atoms with van der Waals surface area (Å²) in [4.78, 5) is 19.4. The van der Waals surface area contributed by atoms with E-state index in [4.69, 9.17) is 5.73 Å². The van der Waals surface area contributed by atoms with Gasteiger partial charge in [0.05, 0.1) is 11.0 Å². The van der Waals surface area contributed by atoms with Crippen LogP contribution in [-0.2, 0) is 11.3 Å². The van der Waals surface area contributed by atoms with Crippen molar-refractivity contribution in [2.75, 3.05) is 6.54 Å². The second-order valence-electron chi connectivity index (χ2n) is 4.73. The smallest absolute Gasteiger partial charge is 0.224 e. The molecule has 1 amide bonds. The van der Waals surface area contributed by atoms with Crippen molar-refractivity contribution in [2.45, 2.75) is 26.8 Å². The van der Waals surface area contributed by atoms with Gasteiger partial charge in [0.25, 0.3) is 0 Å². The molecule has 0 bridgehead atoms. The Labute approximate surface area is 112 Å². The zero-order chi connectivity index (χ0) is 13.8. The molecule has 0 aliphatic carbocycles. The third-order valence-corrected chi connectivity index (χ3v) is 3.28. The topological polar surface area (TPSA) is 83.8 Å². The average Bonchev–Trinajstić information content (AvgIpc) is 2.77. The Morgan fingerprint density at radius 2 is 2.32 bits per heavy atom. The summed E-state index contributed by atoms with van der Waals surface area (Å²) in [5.74, 6) is 0.814. The number of carbonyl (C=O) groups is 1. The van der Waals surface area contributed by atoms with Crippen molar-refractivity contribution >= 4 is 16.9 Å². The maximum atomic E-state index is 11.8. The molecule has 2 aromatic rings. The van der Waals surface area contributed by atoms with Crippen LogP contribution >= 0.6 is 0 Å². The number of aromatic nitrogens is 2. The molecule has 1 heterocycles. The highest BCUT2D eigenvalue weighted by molar-refractivity contribution is 5.79. The summed E-state index contributed by atoms with van der Waals surface area (Å²) in [5, 5.41) is 2.92. The second-order valence-corrected chi connectivity index (χ2v) is 4.73. The number of rotatable bonds is 5. The Balaban J connectivity index is 2.03. The molecule has 0 saturated heterocycles. The molecular weight excluding hydrogens is 240 g/mol. The van der Waals surface area contributed by atoms with Crippen molar-refractivity contribution < 1.29 is 4.79 Å². The number of hydrogen-bond donors (Lipinski definition) is 3. The van der Waals surface area contributed by atoms with E-state index in [9.17, 15) is 4.79 Å². The fourth-order valence-corrected chi connectivity index (χ4v) is 2.09. The number of carbonyl (C=O) groups excluding carboxylic acids is 1. The molecule has 1 aromatic heterocycles. The Morgan fingerprint density at radius 3 is 3.00 bits per heavy atom. The number of hydrogen-bond acceptors (Lipinski definition) is 3. The monoisotopic (exact) mass is 260 g/mol. The van der Waals surface area contributed by atoms with Gasteiger partial charge in [0.15, 0.2) is 0 Å². The molecule has 19 heavy (non-hydrogen) atoms. The predicted molar refractivity (Wildman–Crippen MR) is 75.5 cm³/mol. The van der Waals surface area contributed by atoms with E-state index in [2.05, 4.69) is 15.3 Å². The third-order valence-electron chi connectivity index (χ3n) is 3.28. The number of nitrogens with two attached hydrogens (primary N) is 1. The quantitative estimate of drug-likeness (QED) is 0.761. The first-order valence-electron chi connectivity index (χ1n) is 6.57. The van der Waals surface area contributed by atoms with Crippen LogP contribution in [0.1, 0.15) is 24.7 Å². The van der Waals surface area contributed by atoms with Crippen LogP contribution in [0.3, 0.4) is 0 Å². The Hall–Kier alpha value is -1.88. The summed E-state index contributed by atoms with van der Waals surface area (Å²) in [5.41, 5.74) is 8.55. The van der Waals surface area contributed by atoms with Gasteiger partial charge in [-0.2, -0.15) is 0 Å². The van der Waals surface area contributed by atoms with Gasteiger partial charge in [-0.15, -0.1) is 0 Å². The van der Waals surface area contributed by atoms with Crippen molar-refractivity contribution in [2.24, 2.45) is 11.7 Å². The van der Waals surface area contributed by atoms with E-state index in [1.807, 2.05) is 32.0 Å². The lowest BCUT2D eigenvalue weighted by Crippen LogP contribution is -2.34. The van der Waals surface area contributed by atoms with E-state index < -0.39 is 0 Å². The minimum absolute atomic E-state index is 0.0193. The number of fused-ring (bicyclic) bond motifs is 1. The summed E-state index contributed by atoms with van der Waals surface area (Å²) in [6.07, 6.45) is 0.765. The highest BCUT2D eigenvalue weighted by atomic mass is 16.1. The van der Waals surface area contributed by atoms with Crippen LogP contribution in [-0.4, -0.2) is 22.4 Å². The van der Waals surface area contributed by atoms with E-state index in [0.717, 1.165) is 28.8 Å². The zero-order valence-corrected chi connectivity index (χ0v) is 11.4. The van der Waals surface area contributed by atoms with Gasteiger partial charge in [0.2, 0.25) is 5.91 Å². The van der Waals surface area contributed by atoms with E-state index in [1.165, 1.54) is 0 Å². The molecule has 1 aromatic carbocycles. The first kappa shape index (κ1) is 13.5. The Morgan fingerprint density at radius 1 is 1.53 bits per heavy atom. The van der Waals surface area contributed by atoms with E-state index in [0.29, 0.717) is 13.1 Å². The van der Waals surface area contributed by atoms with Crippen molar-refractivity contribution in [1.82, 2.24) is 15.3 Å². The molecule has 1 unspecified atom stereocenters. The fraction of sp³-hybridized carbons (Fsp3) is 0.429. The fourth-order valence-electron chi connectivity index (χ4n) is 2.09. The van der Waals surface area contributed by atoms with Crippen molar-refractivity contribution in [1.29, 1.82) is 0 Å². The van der Waals surface area contributed by atoms with E-state index in [-0.39, 0.29) is 11.8 Å². The number of nitrogens with one attached hydrogen (secondary N) is 2. The zero-order valence-electron chi connectivity index (χ0n) is 11.4. The number of aromatic amines is 1. The van der Waals surface area contributed by atoms with Crippen LogP contribution in [0, 0.1) is 12.8 Å². The number of imidazole rings is 1.